The number of hydrogen-bond donors (Lipinski definition) is 0. The molecule has 0 spiro atoms. The van der Waals surface area contributed by atoms with Crippen molar-refractivity contribution in [2.24, 2.45) is 0 Å². The van der Waals surface area contributed by atoms with Crippen molar-refractivity contribution in [3.05, 3.63) is 101 Å². The van der Waals surface area contributed by atoms with E-state index in [0.29, 0.717) is 43.8 Å². The highest BCUT2D eigenvalue weighted by molar-refractivity contribution is 7.91. The number of piperidine rings is 1. The summed E-state index contributed by atoms with van der Waals surface area (Å²) in [7, 11) is -4.69. The third-order valence-electron chi connectivity index (χ3n) is 9.66. The first-order chi connectivity index (χ1) is 24.3. The first kappa shape index (κ1) is 34.5. The summed E-state index contributed by atoms with van der Waals surface area (Å²) in [5, 5.41) is 16.0. The first-order valence-corrected chi connectivity index (χ1v) is 18.1. The van der Waals surface area contributed by atoms with Gasteiger partial charge in [0.05, 0.1) is 21.3 Å². The number of carbonyl (C=O) groups is 1. The van der Waals surface area contributed by atoms with Gasteiger partial charge in [-0.25, -0.2) is 13.4 Å². The van der Waals surface area contributed by atoms with Crippen molar-refractivity contribution in [3.63, 3.8) is 0 Å². The van der Waals surface area contributed by atoms with Crippen LogP contribution in [0.3, 0.4) is 0 Å². The van der Waals surface area contributed by atoms with E-state index in [9.17, 15) is 18.4 Å². The molecule has 13 nitrogen and oxygen atoms in total. The van der Waals surface area contributed by atoms with Crippen LogP contribution in [0.5, 0.6) is 11.6 Å². The minimum absolute atomic E-state index is 0.0905. The molecular formula is C36H37BN4O9S. The Balaban J connectivity index is 0.987. The lowest BCUT2D eigenvalue weighted by molar-refractivity contribution is -0.832. The van der Waals surface area contributed by atoms with Gasteiger partial charge in [-0.2, -0.15) is 0 Å². The number of rotatable bonds is 9. The smallest absolute Gasteiger partial charge is 0.487 e. The standard InChI is InChI=1S/C36H37BN4O9S/c1-35(2)36(3,4)49-37(48-35)26-16-13-24(14-17-26)23-46-30-12-8-9-25-15-18-29(38-31(25)30)33(42)40-21-19-27(20-22-40)47-32-34(41(43)50-39-32)51(44,45)28-10-6-5-7-11-28/h5-18,27H,19-23H2,1-4H3. The number of aromatic nitrogens is 3. The average molecular weight is 713 g/mol. The predicted molar refractivity (Wildman–Crippen MR) is 185 cm³/mol. The molecule has 15 heteroatoms. The van der Waals surface area contributed by atoms with Crippen LogP contribution in [0.25, 0.3) is 10.9 Å². The monoisotopic (exact) mass is 712 g/mol. The van der Waals surface area contributed by atoms with Crippen molar-refractivity contribution in [1.82, 2.24) is 15.0 Å². The van der Waals surface area contributed by atoms with Crippen LogP contribution >= 0.6 is 0 Å². The van der Waals surface area contributed by atoms with Crippen LogP contribution in [0.2, 0.25) is 0 Å². The summed E-state index contributed by atoms with van der Waals surface area (Å²) in [6.07, 6.45) is 0.245. The minimum atomic E-state index is -4.24. The second kappa shape index (κ2) is 13.3. The number of nitrogens with zero attached hydrogens (tertiary/aromatic N) is 4. The molecule has 2 aliphatic heterocycles. The van der Waals surface area contributed by atoms with E-state index in [1.54, 1.807) is 29.2 Å². The summed E-state index contributed by atoms with van der Waals surface area (Å²) >= 11 is 0. The molecule has 0 N–H and O–H groups in total. The van der Waals surface area contributed by atoms with E-state index in [-0.39, 0.29) is 21.4 Å². The number of sulfone groups is 1. The summed E-state index contributed by atoms with van der Waals surface area (Å²) < 4.78 is 55.2. The third-order valence-corrected chi connectivity index (χ3v) is 11.4. The van der Waals surface area contributed by atoms with E-state index < -0.39 is 45.2 Å². The van der Waals surface area contributed by atoms with E-state index in [2.05, 4.69) is 9.79 Å². The summed E-state index contributed by atoms with van der Waals surface area (Å²) in [5.74, 6) is -0.119. The number of likely N-dealkylation sites (tertiary alicyclic amines) is 1. The SMILES string of the molecule is CC1(C)OB(c2ccc(COc3cccc4ccc(C(=O)N5CCC(Oc6no[n+]([O-])c6S(=O)(=O)c6ccccc6)CC5)nc34)cc2)OC1(C)C. The predicted octanol–water partition coefficient (Wildman–Crippen LogP) is 4.25. The van der Waals surface area contributed by atoms with Crippen molar-refractivity contribution in [3.8, 4) is 11.6 Å². The molecule has 0 atom stereocenters. The van der Waals surface area contributed by atoms with Crippen LogP contribution in [0.15, 0.2) is 99.5 Å². The van der Waals surface area contributed by atoms with Crippen LogP contribution < -0.4 is 19.8 Å². The van der Waals surface area contributed by atoms with Crippen molar-refractivity contribution < 1.29 is 41.5 Å². The van der Waals surface area contributed by atoms with Gasteiger partial charge in [-0.15, -0.1) is 0 Å². The molecular weight excluding hydrogens is 675 g/mol. The Labute approximate surface area is 295 Å². The van der Waals surface area contributed by atoms with Crippen molar-refractivity contribution in [1.29, 1.82) is 0 Å². The summed E-state index contributed by atoms with van der Waals surface area (Å²) in [5.41, 5.74) is 1.87. The van der Waals surface area contributed by atoms with Gasteiger partial charge < -0.3 is 28.9 Å². The number of carbonyl (C=O) groups excluding carboxylic acids is 1. The molecule has 2 saturated heterocycles. The Morgan fingerprint density at radius 2 is 1.63 bits per heavy atom. The number of hydrogen-bond acceptors (Lipinski definition) is 11. The molecule has 2 fully saturated rings. The summed E-state index contributed by atoms with van der Waals surface area (Å²) in [4.78, 5) is 19.7. The number of para-hydroxylation sites is 1. The lowest BCUT2D eigenvalue weighted by Gasteiger charge is -2.32. The normalized spacial score (nSPS) is 17.5. The van der Waals surface area contributed by atoms with Gasteiger partial charge in [0.25, 0.3) is 15.7 Å². The molecule has 0 aliphatic carbocycles. The van der Waals surface area contributed by atoms with Gasteiger partial charge in [-0.05, 0) is 67.9 Å². The fourth-order valence-electron chi connectivity index (χ4n) is 5.99. The fourth-order valence-corrected chi connectivity index (χ4v) is 7.27. The maximum absolute atomic E-state index is 13.6. The second-order valence-electron chi connectivity index (χ2n) is 13.6. The summed E-state index contributed by atoms with van der Waals surface area (Å²) in [6.45, 7) is 9.03. The van der Waals surface area contributed by atoms with E-state index in [1.807, 2.05) is 76.2 Å². The highest BCUT2D eigenvalue weighted by atomic mass is 32.2. The molecule has 0 radical (unpaired) electrons. The minimum Gasteiger partial charge on any atom is -0.487 e. The molecule has 0 unspecified atom stereocenters. The zero-order valence-corrected chi connectivity index (χ0v) is 29.5. The molecule has 2 aromatic heterocycles. The highest BCUT2D eigenvalue weighted by Gasteiger charge is 2.51. The Morgan fingerprint density at radius 1 is 0.941 bits per heavy atom. The molecule has 2 aliphatic rings. The number of fused-ring (bicyclic) bond motifs is 1. The zero-order chi connectivity index (χ0) is 36.0. The summed E-state index contributed by atoms with van der Waals surface area (Å²) in [6, 6.07) is 24.6. The van der Waals surface area contributed by atoms with Crippen LogP contribution in [0, 0.1) is 5.21 Å². The van der Waals surface area contributed by atoms with Crippen LogP contribution in [0.1, 0.15) is 56.6 Å². The number of pyridine rings is 1. The molecule has 4 heterocycles. The van der Waals surface area contributed by atoms with E-state index in [0.717, 1.165) is 16.4 Å². The largest absolute Gasteiger partial charge is 0.494 e. The van der Waals surface area contributed by atoms with Crippen LogP contribution in [-0.2, 0) is 25.8 Å². The topological polar surface area (TPSA) is 157 Å². The lowest BCUT2D eigenvalue weighted by atomic mass is 9.79. The Hall–Kier alpha value is -4.99. The second-order valence-corrected chi connectivity index (χ2v) is 15.5. The van der Waals surface area contributed by atoms with Crippen molar-refractivity contribution in [2.75, 3.05) is 13.1 Å². The molecule has 0 bridgehead atoms. The van der Waals surface area contributed by atoms with Crippen LogP contribution in [-0.4, -0.2) is 66.9 Å². The third kappa shape index (κ3) is 6.76. The van der Waals surface area contributed by atoms with E-state index in [1.165, 1.54) is 12.1 Å². The zero-order valence-electron chi connectivity index (χ0n) is 28.6. The fraction of sp³-hybridized carbons (Fsp3) is 0.333. The molecule has 1 amide bonds. The first-order valence-electron chi connectivity index (χ1n) is 16.7. The van der Waals surface area contributed by atoms with Gasteiger partial charge in [0, 0.05) is 31.3 Å². The van der Waals surface area contributed by atoms with Gasteiger partial charge in [0.15, 0.2) is 0 Å². The number of benzene rings is 3. The van der Waals surface area contributed by atoms with Gasteiger partial charge in [0.2, 0.25) is 0 Å². The van der Waals surface area contributed by atoms with Crippen molar-refractivity contribution >= 4 is 39.2 Å². The maximum Gasteiger partial charge on any atom is 0.494 e. The van der Waals surface area contributed by atoms with Crippen molar-refractivity contribution in [2.45, 2.75) is 74.4 Å². The number of amides is 1. The quantitative estimate of drug-likeness (QED) is 0.159. The Kier molecular flexibility index (Phi) is 8.98. The molecule has 5 aromatic rings. The van der Waals surface area contributed by atoms with Gasteiger partial charge in [0.1, 0.15) is 29.7 Å². The van der Waals surface area contributed by atoms with E-state index >= 15 is 0 Å². The van der Waals surface area contributed by atoms with Gasteiger partial charge in [-0.1, -0.05) is 60.7 Å². The van der Waals surface area contributed by atoms with E-state index in [4.69, 9.17) is 23.8 Å². The average Bonchev–Trinajstić information content (AvgIpc) is 3.61. The number of ether oxygens (including phenoxy) is 2. The Bertz CT molecular complexity index is 2150. The molecule has 7 rings (SSSR count). The maximum atomic E-state index is 13.6. The lowest BCUT2D eigenvalue weighted by Crippen LogP contribution is -2.42. The molecule has 0 saturated carbocycles. The molecule has 3 aromatic carbocycles. The van der Waals surface area contributed by atoms with Gasteiger partial charge >= 0.3 is 18.0 Å². The molecule has 264 valence electrons. The Morgan fingerprint density at radius 3 is 2.31 bits per heavy atom. The van der Waals surface area contributed by atoms with Gasteiger partial charge in [-0.3, -0.25) is 9.42 Å². The highest BCUT2D eigenvalue weighted by Crippen LogP contribution is 2.36. The molecule has 51 heavy (non-hydrogen) atoms. The van der Waals surface area contributed by atoms with Crippen LogP contribution in [0.4, 0.5) is 0 Å².